The molecule has 5 aromatic rings. The zero-order valence-electron chi connectivity index (χ0n) is 19.1. The van der Waals surface area contributed by atoms with Crippen LogP contribution in [0.2, 0.25) is 5.02 Å². The molecule has 10 heteroatoms. The van der Waals surface area contributed by atoms with Gasteiger partial charge in [0.1, 0.15) is 17.3 Å². The van der Waals surface area contributed by atoms with E-state index in [0.717, 1.165) is 42.9 Å². The van der Waals surface area contributed by atoms with Crippen molar-refractivity contribution < 1.29 is 8.78 Å². The Balaban J connectivity index is 1.36. The van der Waals surface area contributed by atoms with E-state index >= 15 is 0 Å². The molecule has 1 saturated carbocycles. The Morgan fingerprint density at radius 1 is 0.972 bits per heavy atom. The highest BCUT2D eigenvalue weighted by atomic mass is 35.5. The molecule has 6 rings (SSSR count). The molecule has 3 N–H and O–H groups in total. The number of benzene rings is 1. The van der Waals surface area contributed by atoms with Crippen LogP contribution in [-0.2, 0) is 0 Å². The SMILES string of the molecule is N[C@@H]1CCCC[C@H]1n1cc(-c2cnc3ccc(-c4nc[nH]c4-c4cc(Cl)c(F)cc4F)nc3c2)cn1. The highest BCUT2D eigenvalue weighted by Gasteiger charge is 2.24. The van der Waals surface area contributed by atoms with Crippen LogP contribution in [0.1, 0.15) is 31.7 Å². The molecule has 0 aliphatic heterocycles. The van der Waals surface area contributed by atoms with Crippen molar-refractivity contribution in [2.45, 2.75) is 37.8 Å². The van der Waals surface area contributed by atoms with Gasteiger partial charge in [-0.1, -0.05) is 24.4 Å². The van der Waals surface area contributed by atoms with Crippen molar-refractivity contribution in [3.8, 4) is 33.8 Å². The van der Waals surface area contributed by atoms with Gasteiger partial charge in [0.25, 0.3) is 0 Å². The maximum atomic E-state index is 14.6. The fourth-order valence-electron chi connectivity index (χ4n) is 4.84. The topological polar surface area (TPSA) is 98.3 Å². The number of rotatable bonds is 4. The van der Waals surface area contributed by atoms with Gasteiger partial charge in [-0.25, -0.2) is 18.7 Å². The second-order valence-corrected chi connectivity index (χ2v) is 9.46. The number of aromatic amines is 1. The molecule has 4 heterocycles. The number of hydrogen-bond acceptors (Lipinski definition) is 5. The third-order valence-electron chi connectivity index (χ3n) is 6.75. The van der Waals surface area contributed by atoms with Crippen LogP contribution in [0.5, 0.6) is 0 Å². The van der Waals surface area contributed by atoms with Crippen molar-refractivity contribution in [1.82, 2.24) is 29.7 Å². The number of aromatic nitrogens is 6. The number of nitrogens with zero attached hydrogens (tertiary/aromatic N) is 5. The van der Waals surface area contributed by atoms with Crippen LogP contribution in [0.25, 0.3) is 44.8 Å². The molecule has 1 fully saturated rings. The largest absolute Gasteiger partial charge is 0.344 e. The molecule has 0 amide bonds. The van der Waals surface area contributed by atoms with Gasteiger partial charge in [0.2, 0.25) is 0 Å². The molecule has 1 aromatic carbocycles. The number of fused-ring (bicyclic) bond motifs is 1. The molecular formula is C26H22ClF2N7. The van der Waals surface area contributed by atoms with E-state index in [9.17, 15) is 8.78 Å². The summed E-state index contributed by atoms with van der Waals surface area (Å²) in [5.41, 5.74) is 10.9. The van der Waals surface area contributed by atoms with E-state index in [2.05, 4.69) is 20.1 Å². The van der Waals surface area contributed by atoms with Gasteiger partial charge in [0, 0.05) is 41.2 Å². The van der Waals surface area contributed by atoms with Crippen LogP contribution < -0.4 is 5.73 Å². The lowest BCUT2D eigenvalue weighted by Crippen LogP contribution is -2.35. The third kappa shape index (κ3) is 4.04. The molecular weight excluding hydrogens is 484 g/mol. The Kier molecular flexibility index (Phi) is 5.73. The van der Waals surface area contributed by atoms with E-state index in [1.807, 2.05) is 29.2 Å². The maximum Gasteiger partial charge on any atom is 0.144 e. The van der Waals surface area contributed by atoms with Gasteiger partial charge < -0.3 is 10.7 Å². The number of pyridine rings is 2. The predicted molar refractivity (Wildman–Crippen MR) is 134 cm³/mol. The summed E-state index contributed by atoms with van der Waals surface area (Å²) in [4.78, 5) is 16.6. The lowest BCUT2D eigenvalue weighted by atomic mass is 9.91. The Morgan fingerprint density at radius 2 is 1.83 bits per heavy atom. The lowest BCUT2D eigenvalue weighted by molar-refractivity contribution is 0.286. The van der Waals surface area contributed by atoms with Crippen molar-refractivity contribution in [2.75, 3.05) is 0 Å². The zero-order chi connectivity index (χ0) is 24.8. The molecule has 1 aliphatic carbocycles. The second kappa shape index (κ2) is 9.07. The Bertz CT molecular complexity index is 1580. The molecule has 7 nitrogen and oxygen atoms in total. The molecule has 182 valence electrons. The maximum absolute atomic E-state index is 14.6. The second-order valence-electron chi connectivity index (χ2n) is 9.06. The standard InChI is InChI=1S/C26H22ClF2N7/c27-17-8-16(18(28)9-19(17)29)25-26(33-13-32-25)22-6-5-21-23(35-22)7-14(10-31-21)15-11-34-36(12-15)24-4-2-1-3-20(24)30/h5-13,20,24H,1-4,30H2,(H,32,33)/t20-,24-/m1/s1. The summed E-state index contributed by atoms with van der Waals surface area (Å²) in [7, 11) is 0. The minimum absolute atomic E-state index is 0.106. The number of hydrogen-bond donors (Lipinski definition) is 2. The molecule has 0 unspecified atom stereocenters. The first-order chi connectivity index (χ1) is 17.5. The van der Waals surface area contributed by atoms with Crippen molar-refractivity contribution in [3.63, 3.8) is 0 Å². The first-order valence-electron chi connectivity index (χ1n) is 11.7. The van der Waals surface area contributed by atoms with Gasteiger partial charge >= 0.3 is 0 Å². The first kappa shape index (κ1) is 22.8. The van der Waals surface area contributed by atoms with E-state index in [1.165, 1.54) is 12.4 Å². The highest BCUT2D eigenvalue weighted by molar-refractivity contribution is 6.31. The molecule has 36 heavy (non-hydrogen) atoms. The average molecular weight is 506 g/mol. The molecule has 0 spiro atoms. The van der Waals surface area contributed by atoms with Gasteiger partial charge in [0.05, 0.1) is 46.0 Å². The number of imidazole rings is 1. The Labute approximate surface area is 210 Å². The summed E-state index contributed by atoms with van der Waals surface area (Å²) < 4.78 is 30.2. The predicted octanol–water partition coefficient (Wildman–Crippen LogP) is 5.92. The van der Waals surface area contributed by atoms with E-state index in [-0.39, 0.29) is 22.7 Å². The minimum atomic E-state index is -0.824. The van der Waals surface area contributed by atoms with Crippen LogP contribution in [-0.4, -0.2) is 35.8 Å². The smallest absolute Gasteiger partial charge is 0.144 e. The van der Waals surface area contributed by atoms with Gasteiger partial charge in [-0.3, -0.25) is 9.67 Å². The first-order valence-corrected chi connectivity index (χ1v) is 12.1. The number of nitrogens with one attached hydrogen (secondary N) is 1. The van der Waals surface area contributed by atoms with Crippen LogP contribution in [0, 0.1) is 11.6 Å². The molecule has 0 saturated heterocycles. The van der Waals surface area contributed by atoms with Crippen molar-refractivity contribution in [2.24, 2.45) is 5.73 Å². The molecule has 1 aliphatic rings. The van der Waals surface area contributed by atoms with E-state index in [0.29, 0.717) is 28.1 Å². The van der Waals surface area contributed by atoms with E-state index < -0.39 is 11.6 Å². The van der Waals surface area contributed by atoms with Crippen molar-refractivity contribution in [1.29, 1.82) is 0 Å². The van der Waals surface area contributed by atoms with E-state index in [4.69, 9.17) is 22.3 Å². The van der Waals surface area contributed by atoms with Gasteiger partial charge in [-0.15, -0.1) is 0 Å². The highest BCUT2D eigenvalue weighted by Crippen LogP contribution is 2.34. The minimum Gasteiger partial charge on any atom is -0.344 e. The van der Waals surface area contributed by atoms with Crippen molar-refractivity contribution in [3.05, 3.63) is 71.9 Å². The van der Waals surface area contributed by atoms with E-state index in [1.54, 1.807) is 12.3 Å². The average Bonchev–Trinajstić information content (AvgIpc) is 3.56. The van der Waals surface area contributed by atoms with Gasteiger partial charge in [-0.05, 0) is 37.1 Å². The number of H-pyrrole nitrogens is 1. The van der Waals surface area contributed by atoms with Gasteiger partial charge in [0.15, 0.2) is 0 Å². The van der Waals surface area contributed by atoms with Crippen LogP contribution >= 0.6 is 11.6 Å². The van der Waals surface area contributed by atoms with Crippen LogP contribution in [0.3, 0.4) is 0 Å². The lowest BCUT2D eigenvalue weighted by Gasteiger charge is -2.28. The van der Waals surface area contributed by atoms with Crippen LogP contribution in [0.4, 0.5) is 8.78 Å². The Morgan fingerprint density at radius 3 is 2.69 bits per heavy atom. The molecule has 2 atom stereocenters. The summed E-state index contributed by atoms with van der Waals surface area (Å²) in [6.07, 6.45) is 11.4. The third-order valence-corrected chi connectivity index (χ3v) is 7.04. The number of halogens is 3. The summed E-state index contributed by atoms with van der Waals surface area (Å²) in [6, 6.07) is 7.83. The summed E-state index contributed by atoms with van der Waals surface area (Å²) in [6.45, 7) is 0. The summed E-state index contributed by atoms with van der Waals surface area (Å²) in [5.74, 6) is -1.57. The quantitative estimate of drug-likeness (QED) is 0.295. The zero-order valence-corrected chi connectivity index (χ0v) is 19.9. The Hall–Kier alpha value is -3.69. The van der Waals surface area contributed by atoms with Gasteiger partial charge in [-0.2, -0.15) is 5.10 Å². The monoisotopic (exact) mass is 505 g/mol. The molecule has 0 radical (unpaired) electrons. The fraction of sp³-hybridized carbons (Fsp3) is 0.231. The number of nitrogens with two attached hydrogens (primary N) is 1. The van der Waals surface area contributed by atoms with Crippen LogP contribution in [0.15, 0.2) is 55.2 Å². The summed E-state index contributed by atoms with van der Waals surface area (Å²) >= 11 is 5.90. The van der Waals surface area contributed by atoms with Crippen molar-refractivity contribution >= 4 is 22.6 Å². The fourth-order valence-corrected chi connectivity index (χ4v) is 5.00. The normalized spacial score (nSPS) is 18.1. The molecule has 0 bridgehead atoms. The molecule has 4 aromatic heterocycles. The summed E-state index contributed by atoms with van der Waals surface area (Å²) in [5, 5.41) is 4.39.